The van der Waals surface area contributed by atoms with Gasteiger partial charge in [0, 0.05) is 10.3 Å². The maximum absolute atomic E-state index is 5.25. The molecule has 1 aromatic carbocycles. The standard InChI is InChI=1S/C14H12N2O2S2/c1-17-11-2-4-12(5-3-11)20-9-13-15-14(18-16-13)10-6-7-19-8-10/h2-8H,9H2,1H3. The molecule has 2 heterocycles. The minimum absolute atomic E-state index is 0.580. The third kappa shape index (κ3) is 3.02. The summed E-state index contributed by atoms with van der Waals surface area (Å²) < 4.78 is 10.4. The Morgan fingerprint density at radius 1 is 1.25 bits per heavy atom. The van der Waals surface area contributed by atoms with Crippen molar-refractivity contribution in [3.63, 3.8) is 0 Å². The number of aromatic nitrogens is 2. The van der Waals surface area contributed by atoms with Gasteiger partial charge in [-0.1, -0.05) is 5.16 Å². The SMILES string of the molecule is COc1ccc(SCc2noc(-c3ccsc3)n2)cc1. The van der Waals surface area contributed by atoms with E-state index in [9.17, 15) is 0 Å². The lowest BCUT2D eigenvalue weighted by Gasteiger charge is -2.01. The Kier molecular flexibility index (Phi) is 4.03. The van der Waals surface area contributed by atoms with E-state index in [4.69, 9.17) is 9.26 Å². The fourth-order valence-corrected chi connectivity index (χ4v) is 3.01. The summed E-state index contributed by atoms with van der Waals surface area (Å²) in [7, 11) is 1.66. The number of benzene rings is 1. The highest BCUT2D eigenvalue weighted by Gasteiger charge is 2.09. The van der Waals surface area contributed by atoms with E-state index in [1.807, 2.05) is 41.1 Å². The average molecular weight is 304 g/mol. The van der Waals surface area contributed by atoms with Crippen molar-refractivity contribution in [3.8, 4) is 17.2 Å². The monoisotopic (exact) mass is 304 g/mol. The third-order valence-electron chi connectivity index (χ3n) is 2.66. The first-order valence-corrected chi connectivity index (χ1v) is 7.90. The smallest absolute Gasteiger partial charge is 0.258 e. The molecule has 0 unspecified atom stereocenters. The number of rotatable bonds is 5. The van der Waals surface area contributed by atoms with Crippen LogP contribution in [0.25, 0.3) is 11.5 Å². The molecule has 0 spiro atoms. The van der Waals surface area contributed by atoms with Crippen molar-refractivity contribution < 1.29 is 9.26 Å². The van der Waals surface area contributed by atoms with E-state index < -0.39 is 0 Å². The number of hydrogen-bond donors (Lipinski definition) is 0. The predicted octanol–water partition coefficient (Wildman–Crippen LogP) is 4.10. The molecule has 2 aromatic heterocycles. The van der Waals surface area contributed by atoms with Gasteiger partial charge in [0.25, 0.3) is 5.89 Å². The summed E-state index contributed by atoms with van der Waals surface area (Å²) >= 11 is 3.28. The first-order valence-electron chi connectivity index (χ1n) is 5.97. The minimum Gasteiger partial charge on any atom is -0.497 e. The summed E-state index contributed by atoms with van der Waals surface area (Å²) in [6.45, 7) is 0. The van der Waals surface area contributed by atoms with Crippen molar-refractivity contribution in [3.05, 3.63) is 46.9 Å². The molecule has 102 valence electrons. The number of thiophene rings is 1. The highest BCUT2D eigenvalue weighted by molar-refractivity contribution is 7.98. The zero-order valence-corrected chi connectivity index (χ0v) is 12.4. The molecular formula is C14H12N2O2S2. The van der Waals surface area contributed by atoms with Crippen LogP contribution in [0.2, 0.25) is 0 Å². The first-order chi connectivity index (χ1) is 9.85. The topological polar surface area (TPSA) is 48.2 Å². The maximum atomic E-state index is 5.25. The van der Waals surface area contributed by atoms with Crippen LogP contribution >= 0.6 is 23.1 Å². The van der Waals surface area contributed by atoms with Crippen LogP contribution in [0.15, 0.2) is 50.5 Å². The van der Waals surface area contributed by atoms with Crippen LogP contribution in [0, 0.1) is 0 Å². The summed E-state index contributed by atoms with van der Waals surface area (Å²) in [5.74, 6) is 2.82. The highest BCUT2D eigenvalue weighted by Crippen LogP contribution is 2.25. The highest BCUT2D eigenvalue weighted by atomic mass is 32.2. The van der Waals surface area contributed by atoms with E-state index in [2.05, 4.69) is 10.1 Å². The van der Waals surface area contributed by atoms with E-state index in [1.54, 1.807) is 30.2 Å². The van der Waals surface area contributed by atoms with Crippen molar-refractivity contribution in [2.24, 2.45) is 0 Å². The average Bonchev–Trinajstić information content (AvgIpc) is 3.16. The molecule has 0 aliphatic carbocycles. The molecule has 4 nitrogen and oxygen atoms in total. The van der Waals surface area contributed by atoms with Gasteiger partial charge < -0.3 is 9.26 Å². The predicted molar refractivity (Wildman–Crippen MR) is 80.2 cm³/mol. The van der Waals surface area contributed by atoms with Gasteiger partial charge in [-0.25, -0.2) is 0 Å². The van der Waals surface area contributed by atoms with Crippen LogP contribution < -0.4 is 4.74 Å². The number of methoxy groups -OCH3 is 1. The van der Waals surface area contributed by atoms with Gasteiger partial charge in [-0.15, -0.1) is 11.8 Å². The summed E-state index contributed by atoms with van der Waals surface area (Å²) in [6, 6.07) is 9.88. The summed E-state index contributed by atoms with van der Waals surface area (Å²) in [5, 5.41) is 7.98. The quantitative estimate of drug-likeness (QED) is 0.664. The van der Waals surface area contributed by atoms with E-state index >= 15 is 0 Å². The van der Waals surface area contributed by atoms with Gasteiger partial charge in [0.15, 0.2) is 5.82 Å². The zero-order chi connectivity index (χ0) is 13.8. The number of hydrogen-bond acceptors (Lipinski definition) is 6. The molecule has 0 aliphatic heterocycles. The van der Waals surface area contributed by atoms with Crippen molar-refractivity contribution >= 4 is 23.1 Å². The second kappa shape index (κ2) is 6.11. The Balaban J connectivity index is 1.63. The van der Waals surface area contributed by atoms with Gasteiger partial charge in [0.2, 0.25) is 0 Å². The lowest BCUT2D eigenvalue weighted by Crippen LogP contribution is -1.85. The molecule has 3 rings (SSSR count). The molecule has 6 heteroatoms. The van der Waals surface area contributed by atoms with E-state index in [0.717, 1.165) is 16.2 Å². The van der Waals surface area contributed by atoms with E-state index in [1.165, 1.54) is 0 Å². The number of thioether (sulfide) groups is 1. The summed E-state index contributed by atoms with van der Waals surface area (Å²) in [4.78, 5) is 5.53. The molecule has 3 aromatic rings. The molecule has 0 atom stereocenters. The largest absolute Gasteiger partial charge is 0.497 e. The number of ether oxygens (including phenoxy) is 1. The van der Waals surface area contributed by atoms with Crippen molar-refractivity contribution in [1.82, 2.24) is 10.1 Å². The molecule has 0 bridgehead atoms. The Morgan fingerprint density at radius 2 is 2.10 bits per heavy atom. The second-order valence-electron chi connectivity index (χ2n) is 3.99. The Hall–Kier alpha value is -1.79. The van der Waals surface area contributed by atoms with Crippen LogP contribution in [0.4, 0.5) is 0 Å². The van der Waals surface area contributed by atoms with Crippen molar-refractivity contribution in [2.75, 3.05) is 7.11 Å². The molecule has 0 saturated heterocycles. The molecule has 0 fully saturated rings. The van der Waals surface area contributed by atoms with Crippen molar-refractivity contribution in [2.45, 2.75) is 10.6 Å². The molecule has 0 aliphatic rings. The summed E-state index contributed by atoms with van der Waals surface area (Å²) in [5.41, 5.74) is 0.975. The lowest BCUT2D eigenvalue weighted by molar-refractivity contribution is 0.414. The fourth-order valence-electron chi connectivity index (χ4n) is 1.64. The van der Waals surface area contributed by atoms with Gasteiger partial charge in [0.1, 0.15) is 5.75 Å². The van der Waals surface area contributed by atoms with Crippen LogP contribution in [-0.4, -0.2) is 17.3 Å². The second-order valence-corrected chi connectivity index (χ2v) is 5.82. The molecule has 0 N–H and O–H groups in total. The van der Waals surface area contributed by atoms with Crippen molar-refractivity contribution in [1.29, 1.82) is 0 Å². The van der Waals surface area contributed by atoms with Gasteiger partial charge in [0.05, 0.1) is 18.4 Å². The Morgan fingerprint density at radius 3 is 2.80 bits per heavy atom. The first kappa shape index (κ1) is 13.2. The van der Waals surface area contributed by atoms with Gasteiger partial charge in [-0.2, -0.15) is 16.3 Å². The third-order valence-corrected chi connectivity index (χ3v) is 4.35. The van der Waals surface area contributed by atoms with E-state index in [0.29, 0.717) is 17.5 Å². The van der Waals surface area contributed by atoms with Crippen LogP contribution in [0.3, 0.4) is 0 Å². The Labute approximate surface area is 124 Å². The van der Waals surface area contributed by atoms with Gasteiger partial charge in [-0.05, 0) is 35.7 Å². The van der Waals surface area contributed by atoms with Crippen LogP contribution in [-0.2, 0) is 5.75 Å². The number of nitrogens with zero attached hydrogens (tertiary/aromatic N) is 2. The maximum Gasteiger partial charge on any atom is 0.258 e. The summed E-state index contributed by atoms with van der Waals surface area (Å²) in [6.07, 6.45) is 0. The molecule has 0 amide bonds. The molecular weight excluding hydrogens is 292 g/mol. The fraction of sp³-hybridized carbons (Fsp3) is 0.143. The molecule has 0 saturated carbocycles. The lowest BCUT2D eigenvalue weighted by atomic mass is 10.3. The Bertz CT molecular complexity index is 663. The van der Waals surface area contributed by atoms with Crippen LogP contribution in [0.1, 0.15) is 5.82 Å². The van der Waals surface area contributed by atoms with E-state index in [-0.39, 0.29) is 0 Å². The minimum atomic E-state index is 0.580. The zero-order valence-electron chi connectivity index (χ0n) is 10.8. The normalized spacial score (nSPS) is 10.7. The van der Waals surface area contributed by atoms with Crippen LogP contribution in [0.5, 0.6) is 5.75 Å². The van der Waals surface area contributed by atoms with Gasteiger partial charge >= 0.3 is 0 Å². The molecule has 0 radical (unpaired) electrons. The molecule has 20 heavy (non-hydrogen) atoms. The van der Waals surface area contributed by atoms with Gasteiger partial charge in [-0.3, -0.25) is 0 Å².